The number of rotatable bonds is 8. The molecule has 3 heterocycles. The molecular formula is C24H24F3N7O6S. The zero-order valence-corrected chi connectivity index (χ0v) is 22.0. The van der Waals surface area contributed by atoms with Crippen LogP contribution in [0, 0.1) is 17.5 Å². The zero-order valence-electron chi connectivity index (χ0n) is 21.2. The lowest BCUT2D eigenvalue weighted by Gasteiger charge is -2.41. The molecule has 5 rings (SSSR count). The van der Waals surface area contributed by atoms with Gasteiger partial charge in [0.2, 0.25) is 10.0 Å². The van der Waals surface area contributed by atoms with E-state index in [-0.39, 0.29) is 22.8 Å². The number of ether oxygens (including phenoxy) is 1. The van der Waals surface area contributed by atoms with Crippen molar-refractivity contribution in [1.29, 1.82) is 0 Å². The number of nitrogens with zero attached hydrogens (tertiary/aromatic N) is 6. The smallest absolute Gasteiger partial charge is 0.215 e. The van der Waals surface area contributed by atoms with Crippen molar-refractivity contribution in [2.75, 3.05) is 13.7 Å². The minimum absolute atomic E-state index is 0.0747. The van der Waals surface area contributed by atoms with Crippen LogP contribution >= 0.6 is 0 Å². The van der Waals surface area contributed by atoms with Crippen LogP contribution in [0.5, 0.6) is 0 Å². The summed E-state index contributed by atoms with van der Waals surface area (Å²) in [4.78, 5) is 0. The highest BCUT2D eigenvalue weighted by molar-refractivity contribution is 7.88. The highest BCUT2D eigenvalue weighted by atomic mass is 32.2. The molecule has 5 atom stereocenters. The number of benzene rings is 2. The standard InChI is InChI=1S/C24H24F3N7O6S/c1-28-41(38,39)10-12-2-4-14(5-3-12)33-11-29-31-24(33)23-22(37)20(21(36)18(9-35)40-23)34-8-17(30-32-34)13-6-15(25)19(27)16(26)7-13/h2-8,11,18,20-23,28,35-37H,9-10H2,1H3/t18-,20+,21+,22-,23-/m1/s1. The van der Waals surface area contributed by atoms with E-state index in [1.165, 1.54) is 24.1 Å². The normalized spacial score (nSPS) is 23.1. The Balaban J connectivity index is 1.46. The van der Waals surface area contributed by atoms with Crippen molar-refractivity contribution < 1.29 is 41.6 Å². The van der Waals surface area contributed by atoms with Crippen LogP contribution in [0.1, 0.15) is 23.5 Å². The molecule has 41 heavy (non-hydrogen) atoms. The van der Waals surface area contributed by atoms with Gasteiger partial charge in [0, 0.05) is 11.3 Å². The van der Waals surface area contributed by atoms with E-state index in [0.717, 1.165) is 16.8 Å². The van der Waals surface area contributed by atoms with Gasteiger partial charge in [-0.05, 0) is 36.9 Å². The van der Waals surface area contributed by atoms with Gasteiger partial charge in [-0.1, -0.05) is 17.3 Å². The van der Waals surface area contributed by atoms with E-state index >= 15 is 0 Å². The third kappa shape index (κ3) is 5.59. The third-order valence-electron chi connectivity index (χ3n) is 6.70. The molecule has 4 aromatic rings. The molecule has 4 N–H and O–H groups in total. The lowest BCUT2D eigenvalue weighted by Crippen LogP contribution is -2.53. The van der Waals surface area contributed by atoms with Gasteiger partial charge in [-0.25, -0.2) is 31.0 Å². The van der Waals surface area contributed by atoms with Crippen molar-refractivity contribution in [3.05, 3.63) is 77.8 Å². The summed E-state index contributed by atoms with van der Waals surface area (Å²) in [6.07, 6.45) is -3.01. The molecule has 0 spiro atoms. The SMILES string of the molecule is CNS(=O)(=O)Cc1ccc(-n2cnnc2[C@@H]2O[C@H](CO)[C@H](O)[C@H](n3cc(-c4cc(F)c(F)c(F)c4)nn3)[C@H]2O)cc1. The summed E-state index contributed by atoms with van der Waals surface area (Å²) in [7, 11) is -2.18. The van der Waals surface area contributed by atoms with Gasteiger partial charge < -0.3 is 20.1 Å². The molecule has 0 aliphatic carbocycles. The molecule has 2 aromatic carbocycles. The number of nitrogens with one attached hydrogen (secondary N) is 1. The summed E-state index contributed by atoms with van der Waals surface area (Å²) < 4.78 is 75.2. The fourth-order valence-electron chi connectivity index (χ4n) is 4.57. The Morgan fingerprint density at radius 3 is 2.37 bits per heavy atom. The van der Waals surface area contributed by atoms with E-state index in [9.17, 15) is 36.9 Å². The second-order valence-corrected chi connectivity index (χ2v) is 11.2. The lowest BCUT2D eigenvalue weighted by molar-refractivity contribution is -0.210. The quantitative estimate of drug-likeness (QED) is 0.208. The Bertz CT molecular complexity index is 1630. The van der Waals surface area contributed by atoms with Gasteiger partial charge in [0.1, 0.15) is 42.5 Å². The van der Waals surface area contributed by atoms with Crippen molar-refractivity contribution >= 4 is 10.0 Å². The molecule has 218 valence electrons. The lowest BCUT2D eigenvalue weighted by atomic mass is 9.92. The summed E-state index contributed by atoms with van der Waals surface area (Å²) in [5.74, 6) is -4.66. The van der Waals surface area contributed by atoms with Gasteiger partial charge in [0.15, 0.2) is 23.3 Å². The molecule has 0 bridgehead atoms. The Morgan fingerprint density at radius 2 is 1.73 bits per heavy atom. The van der Waals surface area contributed by atoms with Gasteiger partial charge >= 0.3 is 0 Å². The number of sulfonamides is 1. The van der Waals surface area contributed by atoms with Gasteiger partial charge in [-0.15, -0.1) is 15.3 Å². The summed E-state index contributed by atoms with van der Waals surface area (Å²) in [6, 6.07) is 6.59. The van der Waals surface area contributed by atoms with Gasteiger partial charge in [-0.3, -0.25) is 4.57 Å². The van der Waals surface area contributed by atoms with Gasteiger partial charge in [-0.2, -0.15) is 0 Å². The summed E-state index contributed by atoms with van der Waals surface area (Å²) in [5.41, 5.74) is 0.801. The number of aromatic nitrogens is 6. The van der Waals surface area contributed by atoms with E-state index in [2.05, 4.69) is 25.2 Å². The van der Waals surface area contributed by atoms with E-state index in [1.54, 1.807) is 24.3 Å². The molecule has 0 unspecified atom stereocenters. The van der Waals surface area contributed by atoms with Gasteiger partial charge in [0.05, 0.1) is 18.6 Å². The van der Waals surface area contributed by atoms with E-state index in [0.29, 0.717) is 11.3 Å². The summed E-state index contributed by atoms with van der Waals surface area (Å²) in [6.45, 7) is -0.653. The van der Waals surface area contributed by atoms with E-state index in [1.807, 2.05) is 0 Å². The van der Waals surface area contributed by atoms with E-state index < -0.39 is 64.5 Å². The van der Waals surface area contributed by atoms with Gasteiger partial charge in [0.25, 0.3) is 0 Å². The fraction of sp³-hybridized carbons (Fsp3) is 0.333. The Kier molecular flexibility index (Phi) is 7.91. The first-order valence-electron chi connectivity index (χ1n) is 12.1. The zero-order chi connectivity index (χ0) is 29.5. The summed E-state index contributed by atoms with van der Waals surface area (Å²) >= 11 is 0. The minimum Gasteiger partial charge on any atom is -0.394 e. The minimum atomic E-state index is -3.49. The largest absolute Gasteiger partial charge is 0.394 e. The second kappa shape index (κ2) is 11.3. The fourth-order valence-corrected chi connectivity index (χ4v) is 5.34. The van der Waals surface area contributed by atoms with Crippen molar-refractivity contribution in [3.8, 4) is 16.9 Å². The van der Waals surface area contributed by atoms with Crippen LogP contribution in [0.3, 0.4) is 0 Å². The molecule has 1 saturated heterocycles. The third-order valence-corrected chi connectivity index (χ3v) is 8.03. The highest BCUT2D eigenvalue weighted by Crippen LogP contribution is 2.38. The number of hydrogen-bond acceptors (Lipinski definition) is 10. The van der Waals surface area contributed by atoms with E-state index in [4.69, 9.17) is 4.74 Å². The van der Waals surface area contributed by atoms with Crippen LogP contribution in [0.4, 0.5) is 13.2 Å². The predicted octanol–water partition coefficient (Wildman–Crippen LogP) is 0.388. The van der Waals surface area contributed by atoms with Crippen molar-refractivity contribution in [2.45, 2.75) is 36.2 Å². The van der Waals surface area contributed by atoms with Crippen LogP contribution in [-0.4, -0.2) is 85.5 Å². The Labute approximate surface area is 230 Å². The Morgan fingerprint density at radius 1 is 1.05 bits per heavy atom. The molecule has 1 fully saturated rings. The molecule has 0 saturated carbocycles. The second-order valence-electron chi connectivity index (χ2n) is 9.28. The van der Waals surface area contributed by atoms with Crippen LogP contribution in [0.15, 0.2) is 48.9 Å². The molecular weight excluding hydrogens is 571 g/mol. The first-order valence-corrected chi connectivity index (χ1v) is 13.8. The van der Waals surface area contributed by atoms with Crippen molar-refractivity contribution in [3.63, 3.8) is 0 Å². The first kappa shape index (κ1) is 28.8. The Hall–Kier alpha value is -3.74. The summed E-state index contributed by atoms with van der Waals surface area (Å²) in [5, 5.41) is 47.8. The number of aliphatic hydroxyl groups excluding tert-OH is 3. The molecule has 13 nitrogen and oxygen atoms in total. The van der Waals surface area contributed by atoms with Crippen LogP contribution in [-0.2, 0) is 20.5 Å². The molecule has 0 radical (unpaired) electrons. The van der Waals surface area contributed by atoms with Crippen LogP contribution in [0.2, 0.25) is 0 Å². The maximum absolute atomic E-state index is 13.8. The van der Waals surface area contributed by atoms with Crippen LogP contribution in [0.25, 0.3) is 16.9 Å². The number of hydrogen-bond donors (Lipinski definition) is 4. The number of halogens is 3. The monoisotopic (exact) mass is 595 g/mol. The number of aliphatic hydroxyl groups is 3. The molecule has 1 aliphatic heterocycles. The predicted molar refractivity (Wildman–Crippen MR) is 134 cm³/mol. The topological polar surface area (TPSA) is 178 Å². The van der Waals surface area contributed by atoms with Crippen molar-refractivity contribution in [1.82, 2.24) is 34.5 Å². The highest BCUT2D eigenvalue weighted by Gasteiger charge is 2.48. The molecule has 0 amide bonds. The van der Waals surface area contributed by atoms with Crippen LogP contribution < -0.4 is 4.72 Å². The molecule has 2 aromatic heterocycles. The average Bonchev–Trinajstić information content (AvgIpc) is 3.63. The molecule has 1 aliphatic rings. The maximum atomic E-state index is 13.8. The van der Waals surface area contributed by atoms with Crippen molar-refractivity contribution in [2.24, 2.45) is 0 Å². The first-order chi connectivity index (χ1) is 19.5. The molecule has 17 heteroatoms. The average molecular weight is 596 g/mol. The maximum Gasteiger partial charge on any atom is 0.215 e.